The molecule has 0 aromatic carbocycles. The number of piperidine rings is 2. The molecule has 3 atom stereocenters. The molecule has 3 aliphatic rings. The van der Waals surface area contributed by atoms with Crippen molar-refractivity contribution in [1.29, 1.82) is 0 Å². The Morgan fingerprint density at radius 1 is 0.543 bits per heavy atom. The summed E-state index contributed by atoms with van der Waals surface area (Å²) in [5.41, 5.74) is 0.122. The van der Waals surface area contributed by atoms with E-state index in [9.17, 15) is 4.57 Å². The van der Waals surface area contributed by atoms with Crippen molar-refractivity contribution in [2.24, 2.45) is 5.92 Å². The van der Waals surface area contributed by atoms with Crippen LogP contribution < -0.4 is 0 Å². The Kier molecular flexibility index (Phi) is 24.7. The minimum Gasteiger partial charge on any atom is -0.287 e. The molecule has 5 nitrogen and oxygen atoms in total. The predicted octanol–water partition coefficient (Wildman–Crippen LogP) is 13.9. The third-order valence-corrected chi connectivity index (χ3v) is 12.4. The van der Waals surface area contributed by atoms with Crippen molar-refractivity contribution in [3.05, 3.63) is 0 Å². The average Bonchev–Trinajstić information content (AvgIpc) is 3.05. The number of hydrogen-bond donors (Lipinski definition) is 0. The van der Waals surface area contributed by atoms with Crippen LogP contribution in [0.15, 0.2) is 0 Å². The molecule has 46 heavy (non-hydrogen) atoms. The first-order valence-electron chi connectivity index (χ1n) is 20.8. The highest BCUT2D eigenvalue weighted by molar-refractivity contribution is 7.48. The van der Waals surface area contributed by atoms with Gasteiger partial charge in [-0.05, 0) is 39.5 Å². The lowest BCUT2D eigenvalue weighted by molar-refractivity contribution is -0.235. The molecular weight excluding hydrogens is 589 g/mol. The average molecular weight is 670 g/mol. The van der Waals surface area contributed by atoms with Crippen LogP contribution >= 0.6 is 7.82 Å². The van der Waals surface area contributed by atoms with Crippen molar-refractivity contribution in [2.45, 2.75) is 232 Å². The molecule has 2 bridgehead atoms. The maximum absolute atomic E-state index is 13.8. The first kappa shape index (κ1) is 42.2. The van der Waals surface area contributed by atoms with Gasteiger partial charge in [0.05, 0.1) is 13.2 Å². The van der Waals surface area contributed by atoms with E-state index in [-0.39, 0.29) is 11.8 Å². The molecule has 3 aliphatic heterocycles. The second kappa shape index (κ2) is 26.9. The number of rotatable bonds is 34. The van der Waals surface area contributed by atoms with Crippen LogP contribution in [0.1, 0.15) is 220 Å². The number of phosphoric acid groups is 1. The van der Waals surface area contributed by atoms with E-state index in [1.807, 2.05) is 0 Å². The summed E-state index contributed by atoms with van der Waals surface area (Å²) in [5, 5.41) is 0. The molecule has 0 amide bonds. The van der Waals surface area contributed by atoms with E-state index < -0.39 is 7.82 Å². The quantitative estimate of drug-likeness (QED) is 0.0504. The SMILES string of the molecule is CCCCCCCCCCCCCCCCOP(=O)(OCCCCCCCCCCCCCCCC)OC1C2CCCN1C2(C)C. The van der Waals surface area contributed by atoms with Gasteiger partial charge in [0.15, 0.2) is 0 Å². The molecule has 0 aliphatic carbocycles. The second-order valence-corrected chi connectivity index (χ2v) is 17.0. The van der Waals surface area contributed by atoms with E-state index in [1.165, 1.54) is 161 Å². The lowest BCUT2D eigenvalue weighted by Gasteiger charge is -2.64. The van der Waals surface area contributed by atoms with Gasteiger partial charge in [0, 0.05) is 18.0 Å². The van der Waals surface area contributed by atoms with Gasteiger partial charge in [-0.3, -0.25) is 18.5 Å². The molecule has 0 aromatic rings. The van der Waals surface area contributed by atoms with Gasteiger partial charge in [-0.2, -0.15) is 0 Å². The second-order valence-electron chi connectivity index (χ2n) is 15.4. The summed E-state index contributed by atoms with van der Waals surface area (Å²) >= 11 is 0. The van der Waals surface area contributed by atoms with E-state index in [2.05, 4.69) is 32.6 Å². The van der Waals surface area contributed by atoms with Crippen LogP contribution in [0.25, 0.3) is 0 Å². The molecule has 0 saturated carbocycles. The van der Waals surface area contributed by atoms with Crippen molar-refractivity contribution in [3.63, 3.8) is 0 Å². The van der Waals surface area contributed by atoms with Gasteiger partial charge in [0.2, 0.25) is 0 Å². The Labute approximate surface area is 288 Å². The van der Waals surface area contributed by atoms with Gasteiger partial charge in [-0.15, -0.1) is 0 Å². The first-order valence-corrected chi connectivity index (χ1v) is 22.2. The highest BCUT2D eigenvalue weighted by Crippen LogP contribution is 2.58. The lowest BCUT2D eigenvalue weighted by atomic mass is 9.69. The Morgan fingerprint density at radius 3 is 1.15 bits per heavy atom. The van der Waals surface area contributed by atoms with Gasteiger partial charge >= 0.3 is 7.82 Å². The summed E-state index contributed by atoms with van der Waals surface area (Å²) < 4.78 is 32.0. The van der Waals surface area contributed by atoms with E-state index in [1.54, 1.807) is 0 Å². The monoisotopic (exact) mass is 670 g/mol. The van der Waals surface area contributed by atoms with Gasteiger partial charge in [0.25, 0.3) is 0 Å². The third kappa shape index (κ3) is 18.2. The van der Waals surface area contributed by atoms with Crippen LogP contribution in [0.2, 0.25) is 0 Å². The highest BCUT2D eigenvalue weighted by atomic mass is 31.2. The summed E-state index contributed by atoms with van der Waals surface area (Å²) in [7, 11) is -3.57. The van der Waals surface area contributed by atoms with Gasteiger partial charge in [-0.1, -0.05) is 181 Å². The summed E-state index contributed by atoms with van der Waals surface area (Å²) in [4.78, 5) is 2.36. The number of unbranched alkanes of at least 4 members (excludes halogenated alkanes) is 26. The first-order chi connectivity index (χ1) is 22.4. The third-order valence-electron chi connectivity index (χ3n) is 10.9. The van der Waals surface area contributed by atoms with Crippen LogP contribution in [-0.2, 0) is 18.1 Å². The molecule has 0 aromatic heterocycles. The van der Waals surface area contributed by atoms with Gasteiger partial charge in [-0.25, -0.2) is 4.57 Å². The van der Waals surface area contributed by atoms with E-state index in [0.717, 1.165) is 38.6 Å². The molecule has 3 saturated heterocycles. The number of fused-ring (bicyclic) bond motifs is 2. The highest BCUT2D eigenvalue weighted by Gasteiger charge is 2.59. The molecule has 0 radical (unpaired) electrons. The normalized spacial score (nSPS) is 20.7. The van der Waals surface area contributed by atoms with Crippen molar-refractivity contribution >= 4 is 7.82 Å². The van der Waals surface area contributed by atoms with Crippen molar-refractivity contribution in [2.75, 3.05) is 19.8 Å². The van der Waals surface area contributed by atoms with Crippen molar-refractivity contribution < 1.29 is 18.1 Å². The Bertz CT molecular complexity index is 695. The molecule has 3 rings (SSSR count). The molecule has 0 spiro atoms. The van der Waals surface area contributed by atoms with Crippen molar-refractivity contribution in [3.8, 4) is 0 Å². The number of phosphoric ester groups is 1. The summed E-state index contributed by atoms with van der Waals surface area (Å²) in [5.74, 6) is 0.406. The zero-order chi connectivity index (χ0) is 33.2. The Balaban J connectivity index is 1.54. The zero-order valence-corrected chi connectivity index (χ0v) is 32.4. The van der Waals surface area contributed by atoms with Gasteiger partial charge < -0.3 is 0 Å². The smallest absolute Gasteiger partial charge is 0.287 e. The largest absolute Gasteiger partial charge is 0.476 e. The van der Waals surface area contributed by atoms with Crippen LogP contribution in [-0.4, -0.2) is 36.4 Å². The topological polar surface area (TPSA) is 48.0 Å². The maximum Gasteiger partial charge on any atom is 0.476 e. The Morgan fingerprint density at radius 2 is 0.870 bits per heavy atom. The zero-order valence-electron chi connectivity index (χ0n) is 31.5. The minimum absolute atomic E-state index is 0.122. The molecule has 3 heterocycles. The fraction of sp³-hybridized carbons (Fsp3) is 1.00. The fourth-order valence-corrected chi connectivity index (χ4v) is 9.15. The molecule has 0 N–H and O–H groups in total. The molecule has 274 valence electrons. The number of hydrogen-bond acceptors (Lipinski definition) is 5. The molecular formula is C40H80NO4P. The van der Waals surface area contributed by atoms with E-state index >= 15 is 0 Å². The standard InChI is InChI=1S/C40H80NO4P/c1-5-7-9-11-13-15-17-19-21-23-25-27-29-31-36-43-46(42,45-39-38-34-33-35-41(39)40(38,3)4)44-37-32-30-28-26-24-22-20-18-16-14-12-10-8-6-2/h38-39H,5-37H2,1-4H3. The van der Waals surface area contributed by atoms with Crippen LogP contribution in [0.4, 0.5) is 0 Å². The van der Waals surface area contributed by atoms with Crippen LogP contribution in [0, 0.1) is 5.92 Å². The van der Waals surface area contributed by atoms with Gasteiger partial charge in [0.1, 0.15) is 6.23 Å². The summed E-state index contributed by atoms with van der Waals surface area (Å²) in [6.45, 7) is 11.1. The molecule has 6 heteroatoms. The van der Waals surface area contributed by atoms with E-state index in [0.29, 0.717) is 19.1 Å². The molecule has 3 fully saturated rings. The summed E-state index contributed by atoms with van der Waals surface area (Å²) in [6.07, 6.45) is 39.3. The predicted molar refractivity (Wildman–Crippen MR) is 199 cm³/mol. The van der Waals surface area contributed by atoms with E-state index in [4.69, 9.17) is 13.6 Å². The van der Waals surface area contributed by atoms with Crippen molar-refractivity contribution in [1.82, 2.24) is 4.90 Å². The van der Waals surface area contributed by atoms with Crippen LogP contribution in [0.5, 0.6) is 0 Å². The fourth-order valence-electron chi connectivity index (χ4n) is 7.72. The lowest BCUT2D eigenvalue weighted by Crippen LogP contribution is -2.73. The summed E-state index contributed by atoms with van der Waals surface area (Å²) in [6, 6.07) is 0. The Hall–Kier alpha value is 0.0700. The molecule has 3 unspecified atom stereocenters. The maximum atomic E-state index is 13.8. The van der Waals surface area contributed by atoms with Crippen LogP contribution in [0.3, 0.4) is 0 Å². The number of nitrogens with zero attached hydrogens (tertiary/aromatic N) is 1. The minimum atomic E-state index is -3.57.